The number of nitrogens with zero attached hydrogens (tertiary/aromatic N) is 3. The van der Waals surface area contributed by atoms with Crippen molar-refractivity contribution in [3.8, 4) is 0 Å². The zero-order valence-corrected chi connectivity index (χ0v) is 28.1. The van der Waals surface area contributed by atoms with E-state index >= 15 is 0 Å². The number of anilines is 6. The summed E-state index contributed by atoms with van der Waals surface area (Å²) in [6.07, 6.45) is 0. The molecule has 0 saturated heterocycles. The molecule has 11 aromatic rings. The average molecular weight is 666 g/mol. The maximum Gasteiger partial charge on any atom is 0.213 e. The maximum absolute atomic E-state index is 6.88. The lowest BCUT2D eigenvalue weighted by Gasteiger charge is -2.25. The Morgan fingerprint density at radius 3 is 1.50 bits per heavy atom. The normalized spacial score (nSPS) is 11.8. The predicted octanol–water partition coefficient (Wildman–Crippen LogP) is 13.7. The van der Waals surface area contributed by atoms with Gasteiger partial charge in [0.1, 0.15) is 5.58 Å². The summed E-state index contributed by atoms with van der Waals surface area (Å²) in [4.78, 5) is 4.63. The van der Waals surface area contributed by atoms with Crippen LogP contribution >= 0.6 is 0 Å². The third kappa shape index (κ3) is 4.28. The summed E-state index contributed by atoms with van der Waals surface area (Å²) >= 11 is 0. The Hall–Kier alpha value is -7.04. The van der Waals surface area contributed by atoms with Crippen LogP contribution in [0, 0.1) is 0 Å². The topological polar surface area (TPSA) is 24.0 Å². The minimum absolute atomic E-state index is 0.880. The van der Waals surface area contributed by atoms with Crippen LogP contribution in [0.1, 0.15) is 0 Å². The van der Waals surface area contributed by atoms with E-state index in [0.717, 1.165) is 67.1 Å². The first kappa shape index (κ1) is 28.8. The van der Waals surface area contributed by atoms with E-state index in [1.807, 2.05) is 0 Å². The number of para-hydroxylation sites is 5. The average Bonchev–Trinajstić information content (AvgIpc) is 3.85. The molecule has 0 aliphatic heterocycles. The quantitative estimate of drug-likeness (QED) is 0.177. The highest BCUT2D eigenvalue weighted by molar-refractivity contribution is 6.28. The first-order chi connectivity index (χ1) is 25.8. The molecule has 0 aliphatic rings. The van der Waals surface area contributed by atoms with Crippen molar-refractivity contribution in [2.24, 2.45) is 0 Å². The second kappa shape index (κ2) is 11.2. The largest absolute Gasteiger partial charge is 0.439 e. The van der Waals surface area contributed by atoms with Crippen LogP contribution < -0.4 is 9.80 Å². The molecule has 52 heavy (non-hydrogen) atoms. The number of fused-ring (bicyclic) bond motifs is 9. The number of rotatable bonds is 6. The van der Waals surface area contributed by atoms with Crippen LogP contribution in [0.3, 0.4) is 0 Å². The Morgan fingerprint density at radius 1 is 0.365 bits per heavy atom. The molecule has 3 heterocycles. The van der Waals surface area contributed by atoms with Crippen LogP contribution in [0.15, 0.2) is 192 Å². The smallest absolute Gasteiger partial charge is 0.213 e. The predicted molar refractivity (Wildman–Crippen MR) is 218 cm³/mol. The molecule has 0 fully saturated rings. The van der Waals surface area contributed by atoms with Gasteiger partial charge in [-0.15, -0.1) is 0 Å². The lowest BCUT2D eigenvalue weighted by molar-refractivity contribution is 0.652. The summed E-state index contributed by atoms with van der Waals surface area (Å²) in [7, 11) is 0. The van der Waals surface area contributed by atoms with Crippen LogP contribution in [0.5, 0.6) is 0 Å². The number of furan rings is 1. The molecule has 0 saturated carbocycles. The Kier molecular flexibility index (Phi) is 6.22. The monoisotopic (exact) mass is 665 g/mol. The van der Waals surface area contributed by atoms with E-state index < -0.39 is 0 Å². The van der Waals surface area contributed by atoms with Gasteiger partial charge < -0.3 is 14.2 Å². The fourth-order valence-electron chi connectivity index (χ4n) is 8.18. The van der Waals surface area contributed by atoms with Gasteiger partial charge in [0.05, 0.1) is 16.4 Å². The second-order valence-corrected chi connectivity index (χ2v) is 13.4. The molecule has 244 valence electrons. The second-order valence-electron chi connectivity index (χ2n) is 13.4. The van der Waals surface area contributed by atoms with E-state index in [0.29, 0.717) is 0 Å². The first-order valence-corrected chi connectivity index (χ1v) is 17.7. The molecule has 0 bridgehead atoms. The first-order valence-electron chi connectivity index (χ1n) is 17.7. The van der Waals surface area contributed by atoms with E-state index in [9.17, 15) is 0 Å². The zero-order valence-electron chi connectivity index (χ0n) is 28.1. The van der Waals surface area contributed by atoms with Gasteiger partial charge in [0, 0.05) is 55.7 Å². The van der Waals surface area contributed by atoms with E-state index in [2.05, 4.69) is 202 Å². The lowest BCUT2D eigenvalue weighted by Crippen LogP contribution is -2.09. The number of aromatic nitrogens is 1. The Balaban J connectivity index is 1.14. The summed E-state index contributed by atoms with van der Waals surface area (Å²) < 4.78 is 9.23. The SMILES string of the molecule is c1ccc(N(c2ccccc2)c2ccc3cc4oc5c(c4cc3c2)c2cccc3c4ccc(N(c6ccccc6)c6ccccc6)cc4n5c32)cc1. The van der Waals surface area contributed by atoms with Crippen LogP contribution in [0.2, 0.25) is 0 Å². The minimum atomic E-state index is 0.880. The Bertz CT molecular complexity index is 2980. The van der Waals surface area contributed by atoms with Gasteiger partial charge in [0.15, 0.2) is 0 Å². The molecule has 8 aromatic carbocycles. The summed E-state index contributed by atoms with van der Waals surface area (Å²) in [5, 5.41) is 8.24. The van der Waals surface area contributed by atoms with Gasteiger partial charge in [-0.1, -0.05) is 103 Å². The van der Waals surface area contributed by atoms with E-state index in [4.69, 9.17) is 4.42 Å². The molecule has 3 aromatic heterocycles. The van der Waals surface area contributed by atoms with Crippen LogP contribution in [0.25, 0.3) is 60.0 Å². The van der Waals surface area contributed by atoms with Crippen molar-refractivity contribution in [2.45, 2.75) is 0 Å². The van der Waals surface area contributed by atoms with Gasteiger partial charge in [0.25, 0.3) is 0 Å². The highest BCUT2D eigenvalue weighted by atomic mass is 16.3. The standard InChI is InChI=1S/C48H31N3O/c1-5-14-34(15-6-1)49(35-16-7-2-8-17-35)38-25-24-32-30-45-43(29-33(32)28-38)46-42-23-13-22-41-40-27-26-39(31-44(40)51(47(41)42)48(46)52-45)50(36-18-9-3-10-19-36)37-20-11-4-12-21-37/h1-31H. The summed E-state index contributed by atoms with van der Waals surface area (Å²) in [5.41, 5.74) is 10.8. The molecule has 0 N–H and O–H groups in total. The molecule has 4 heteroatoms. The van der Waals surface area contributed by atoms with E-state index in [1.54, 1.807) is 0 Å². The molecular weight excluding hydrogens is 635 g/mol. The lowest BCUT2D eigenvalue weighted by atomic mass is 10.0. The molecule has 0 spiro atoms. The summed E-state index contributed by atoms with van der Waals surface area (Å²) in [5.74, 6) is 0. The van der Waals surface area contributed by atoms with Crippen LogP contribution in [-0.2, 0) is 0 Å². The number of benzene rings is 8. The van der Waals surface area contributed by atoms with Crippen molar-refractivity contribution >= 4 is 94.2 Å². The van der Waals surface area contributed by atoms with Crippen molar-refractivity contribution in [3.63, 3.8) is 0 Å². The Morgan fingerprint density at radius 2 is 0.904 bits per heavy atom. The zero-order chi connectivity index (χ0) is 34.2. The van der Waals surface area contributed by atoms with Crippen molar-refractivity contribution in [1.29, 1.82) is 0 Å². The van der Waals surface area contributed by atoms with Crippen LogP contribution in [0.4, 0.5) is 34.1 Å². The molecule has 11 rings (SSSR count). The van der Waals surface area contributed by atoms with Gasteiger partial charge in [-0.3, -0.25) is 4.40 Å². The molecule has 0 aliphatic carbocycles. The third-order valence-electron chi connectivity index (χ3n) is 10.4. The van der Waals surface area contributed by atoms with Crippen molar-refractivity contribution in [3.05, 3.63) is 188 Å². The van der Waals surface area contributed by atoms with Crippen molar-refractivity contribution < 1.29 is 4.42 Å². The van der Waals surface area contributed by atoms with Gasteiger partial charge in [-0.2, -0.15) is 0 Å². The highest BCUT2D eigenvalue weighted by Crippen LogP contribution is 2.46. The van der Waals surface area contributed by atoms with Gasteiger partial charge in [0.2, 0.25) is 5.71 Å². The van der Waals surface area contributed by atoms with E-state index in [1.165, 1.54) is 27.1 Å². The van der Waals surface area contributed by atoms with Gasteiger partial charge in [-0.25, -0.2) is 0 Å². The molecule has 4 nitrogen and oxygen atoms in total. The van der Waals surface area contributed by atoms with E-state index in [-0.39, 0.29) is 0 Å². The molecular formula is C48H31N3O. The van der Waals surface area contributed by atoms with Gasteiger partial charge >= 0.3 is 0 Å². The number of hydrogen-bond donors (Lipinski definition) is 0. The van der Waals surface area contributed by atoms with Crippen molar-refractivity contribution in [2.75, 3.05) is 9.80 Å². The summed E-state index contributed by atoms with van der Waals surface area (Å²) in [6.45, 7) is 0. The molecule has 0 atom stereocenters. The summed E-state index contributed by atoms with van der Waals surface area (Å²) in [6, 6.07) is 67.0. The molecule has 0 amide bonds. The van der Waals surface area contributed by atoms with Crippen molar-refractivity contribution in [1.82, 2.24) is 4.40 Å². The Labute approximate surface area is 299 Å². The third-order valence-corrected chi connectivity index (χ3v) is 10.4. The number of hydrogen-bond acceptors (Lipinski definition) is 3. The maximum atomic E-state index is 6.88. The fraction of sp³-hybridized carbons (Fsp3) is 0. The van der Waals surface area contributed by atoms with Crippen LogP contribution in [-0.4, -0.2) is 4.40 Å². The van der Waals surface area contributed by atoms with Gasteiger partial charge in [-0.05, 0) is 95.7 Å². The highest BCUT2D eigenvalue weighted by Gasteiger charge is 2.24. The molecule has 0 unspecified atom stereocenters. The minimum Gasteiger partial charge on any atom is -0.439 e. The fourth-order valence-corrected chi connectivity index (χ4v) is 8.18. The molecule has 0 radical (unpaired) electrons.